The van der Waals surface area contributed by atoms with Crippen LogP contribution in [0.3, 0.4) is 0 Å². The second-order valence-corrected chi connectivity index (χ2v) is 14.9. The van der Waals surface area contributed by atoms with Gasteiger partial charge < -0.3 is 14.2 Å². The first-order valence-electron chi connectivity index (χ1n) is 23.1. The average Bonchev–Trinajstić information content (AvgIpc) is 3.20. The molecule has 56 heavy (non-hydrogen) atoms. The summed E-state index contributed by atoms with van der Waals surface area (Å²) in [5, 5.41) is 0. The van der Waals surface area contributed by atoms with Crippen LogP contribution in [0.2, 0.25) is 0 Å². The Hall–Kier alpha value is -2.92. The third kappa shape index (κ3) is 43.8. The summed E-state index contributed by atoms with van der Waals surface area (Å²) >= 11 is 0. The molecular weight excluding hydrogens is 693 g/mol. The lowest BCUT2D eigenvalue weighted by Gasteiger charge is -2.18. The quantitative estimate of drug-likeness (QED) is 0.0351. The molecule has 0 saturated heterocycles. The Morgan fingerprint density at radius 2 is 0.804 bits per heavy atom. The van der Waals surface area contributed by atoms with E-state index >= 15 is 0 Å². The number of unbranched alkanes of at least 4 members (excludes halogenated alkanes) is 16. The zero-order chi connectivity index (χ0) is 40.7. The van der Waals surface area contributed by atoms with E-state index in [1.807, 2.05) is 0 Å². The predicted molar refractivity (Wildman–Crippen MR) is 242 cm³/mol. The minimum Gasteiger partial charge on any atom is -0.462 e. The predicted octanol–water partition coefficient (Wildman–Crippen LogP) is 15.3. The van der Waals surface area contributed by atoms with E-state index in [9.17, 15) is 9.59 Å². The number of esters is 2. The third-order valence-electron chi connectivity index (χ3n) is 9.43. The lowest BCUT2D eigenvalue weighted by Crippen LogP contribution is -2.30. The zero-order valence-electron chi connectivity index (χ0n) is 36.6. The molecule has 0 aromatic rings. The van der Waals surface area contributed by atoms with Gasteiger partial charge in [-0.15, -0.1) is 0 Å². The fraction of sp³-hybridized carbons (Fsp3) is 0.686. The van der Waals surface area contributed by atoms with Gasteiger partial charge in [-0.2, -0.15) is 0 Å². The first-order valence-corrected chi connectivity index (χ1v) is 23.1. The van der Waals surface area contributed by atoms with Crippen LogP contribution in [0.1, 0.15) is 201 Å². The Balaban J connectivity index is 4.31. The lowest BCUT2D eigenvalue weighted by molar-refractivity contribution is -0.163. The van der Waals surface area contributed by atoms with Crippen LogP contribution in [0, 0.1) is 0 Å². The van der Waals surface area contributed by atoms with Crippen molar-refractivity contribution in [1.29, 1.82) is 0 Å². The Labute approximate surface area is 346 Å². The maximum atomic E-state index is 12.7. The normalized spacial score (nSPS) is 13.0. The summed E-state index contributed by atoms with van der Waals surface area (Å²) in [5.41, 5.74) is 0. The zero-order valence-corrected chi connectivity index (χ0v) is 36.6. The standard InChI is InChI=1S/C51H86O5/c1-4-7-10-13-16-19-21-23-25-27-29-31-34-37-40-43-46-54-47-49(56-51(53)45-42-39-36-32-18-15-12-9-6-3)48-55-50(52)44-41-38-35-33-30-28-26-24-22-20-17-14-11-8-5-2/h7-8,10-11,16-17,19-20,23-26,30,33,49H,4-6,9,12-15,18,21-22,27-29,31-32,34-48H2,1-3H3/b10-7-,11-8-,19-16-,20-17-,25-23-,26-24-,33-30-. The molecule has 1 unspecified atom stereocenters. The van der Waals surface area contributed by atoms with Crippen molar-refractivity contribution in [3.8, 4) is 0 Å². The van der Waals surface area contributed by atoms with Crippen molar-refractivity contribution < 1.29 is 23.8 Å². The highest BCUT2D eigenvalue weighted by Gasteiger charge is 2.17. The molecule has 0 rings (SSSR count). The lowest BCUT2D eigenvalue weighted by atomic mass is 10.1. The number of hydrogen-bond acceptors (Lipinski definition) is 5. The molecule has 0 saturated carbocycles. The van der Waals surface area contributed by atoms with Crippen molar-refractivity contribution in [1.82, 2.24) is 0 Å². The van der Waals surface area contributed by atoms with Gasteiger partial charge in [0.05, 0.1) is 6.61 Å². The van der Waals surface area contributed by atoms with Gasteiger partial charge in [-0.1, -0.05) is 183 Å². The SMILES string of the molecule is CC/C=C\C/C=C\C/C=C\C/C=C\CCCCC(=O)OCC(COCCCCCCCC/C=C\C/C=C\C/C=C\CC)OC(=O)CCCCCCCCCCC. The summed E-state index contributed by atoms with van der Waals surface area (Å²) in [5.74, 6) is -0.459. The van der Waals surface area contributed by atoms with Crippen molar-refractivity contribution in [2.75, 3.05) is 19.8 Å². The molecule has 0 spiro atoms. The number of hydrogen-bond donors (Lipinski definition) is 0. The molecule has 0 aromatic heterocycles. The Kier molecular flexibility index (Phi) is 44.0. The summed E-state index contributed by atoms with van der Waals surface area (Å²) in [4.78, 5) is 25.2. The molecular formula is C51H86O5. The number of carbonyl (C=O) groups is 2. The molecule has 0 radical (unpaired) electrons. The first kappa shape index (κ1) is 53.1. The van der Waals surface area contributed by atoms with Gasteiger partial charge >= 0.3 is 11.9 Å². The van der Waals surface area contributed by atoms with Crippen LogP contribution in [0.15, 0.2) is 85.1 Å². The van der Waals surface area contributed by atoms with E-state index in [0.29, 0.717) is 19.4 Å². The largest absolute Gasteiger partial charge is 0.462 e. The molecule has 0 aliphatic carbocycles. The Morgan fingerprint density at radius 3 is 1.32 bits per heavy atom. The summed E-state index contributed by atoms with van der Waals surface area (Å²) in [6.07, 6.45) is 60.2. The van der Waals surface area contributed by atoms with E-state index in [1.165, 1.54) is 70.6 Å². The maximum Gasteiger partial charge on any atom is 0.306 e. The van der Waals surface area contributed by atoms with Crippen LogP contribution in [0.4, 0.5) is 0 Å². The maximum absolute atomic E-state index is 12.7. The Bertz CT molecular complexity index is 1060. The van der Waals surface area contributed by atoms with Crippen molar-refractivity contribution in [3.05, 3.63) is 85.1 Å². The van der Waals surface area contributed by atoms with Crippen LogP contribution in [0.5, 0.6) is 0 Å². The molecule has 0 bridgehead atoms. The molecule has 0 N–H and O–H groups in total. The van der Waals surface area contributed by atoms with Gasteiger partial charge in [-0.05, 0) is 89.9 Å². The first-order chi connectivity index (χ1) is 27.6. The van der Waals surface area contributed by atoms with Crippen molar-refractivity contribution >= 4 is 11.9 Å². The molecule has 0 heterocycles. The minimum absolute atomic E-state index is 0.0558. The molecule has 1 atom stereocenters. The summed E-state index contributed by atoms with van der Waals surface area (Å²) in [7, 11) is 0. The fourth-order valence-corrected chi connectivity index (χ4v) is 6.04. The molecule has 0 amide bonds. The van der Waals surface area contributed by atoms with Gasteiger partial charge in [-0.3, -0.25) is 9.59 Å². The summed E-state index contributed by atoms with van der Waals surface area (Å²) in [6.45, 7) is 7.50. The molecule has 320 valence electrons. The van der Waals surface area contributed by atoms with Gasteiger partial charge in [0.15, 0.2) is 6.10 Å². The van der Waals surface area contributed by atoms with Gasteiger partial charge in [0.2, 0.25) is 0 Å². The second-order valence-electron chi connectivity index (χ2n) is 14.9. The summed E-state index contributed by atoms with van der Waals surface area (Å²) < 4.78 is 17.3. The van der Waals surface area contributed by atoms with Crippen LogP contribution in [0.25, 0.3) is 0 Å². The van der Waals surface area contributed by atoms with Gasteiger partial charge in [0, 0.05) is 19.4 Å². The fourth-order valence-electron chi connectivity index (χ4n) is 6.04. The van der Waals surface area contributed by atoms with Crippen LogP contribution < -0.4 is 0 Å². The highest BCUT2D eigenvalue weighted by Crippen LogP contribution is 2.13. The van der Waals surface area contributed by atoms with E-state index in [0.717, 1.165) is 96.3 Å². The summed E-state index contributed by atoms with van der Waals surface area (Å²) in [6, 6.07) is 0. The smallest absolute Gasteiger partial charge is 0.306 e. The number of ether oxygens (including phenoxy) is 3. The van der Waals surface area contributed by atoms with Crippen LogP contribution >= 0.6 is 0 Å². The molecule has 5 heteroatoms. The number of rotatable bonds is 41. The highest BCUT2D eigenvalue weighted by atomic mass is 16.6. The van der Waals surface area contributed by atoms with Gasteiger partial charge in [-0.25, -0.2) is 0 Å². The van der Waals surface area contributed by atoms with Crippen molar-refractivity contribution in [2.24, 2.45) is 0 Å². The monoisotopic (exact) mass is 779 g/mol. The van der Waals surface area contributed by atoms with E-state index in [4.69, 9.17) is 14.2 Å². The topological polar surface area (TPSA) is 61.8 Å². The van der Waals surface area contributed by atoms with Crippen molar-refractivity contribution in [3.63, 3.8) is 0 Å². The highest BCUT2D eigenvalue weighted by molar-refractivity contribution is 5.70. The number of allylic oxidation sites excluding steroid dienone is 14. The minimum atomic E-state index is -0.559. The molecule has 0 aliphatic rings. The molecule has 5 nitrogen and oxygen atoms in total. The van der Waals surface area contributed by atoms with E-state index < -0.39 is 6.10 Å². The second kappa shape index (κ2) is 46.5. The van der Waals surface area contributed by atoms with Gasteiger partial charge in [0.25, 0.3) is 0 Å². The Morgan fingerprint density at radius 1 is 0.411 bits per heavy atom. The van der Waals surface area contributed by atoms with Crippen LogP contribution in [-0.4, -0.2) is 37.9 Å². The molecule has 0 aromatic carbocycles. The van der Waals surface area contributed by atoms with E-state index in [-0.39, 0.29) is 25.2 Å². The number of carbonyl (C=O) groups excluding carboxylic acids is 2. The average molecular weight is 779 g/mol. The van der Waals surface area contributed by atoms with E-state index in [2.05, 4.69) is 106 Å². The van der Waals surface area contributed by atoms with Crippen molar-refractivity contribution in [2.45, 2.75) is 207 Å². The molecule has 0 aliphatic heterocycles. The van der Waals surface area contributed by atoms with Crippen LogP contribution in [-0.2, 0) is 23.8 Å². The van der Waals surface area contributed by atoms with Gasteiger partial charge in [0.1, 0.15) is 6.61 Å². The molecule has 0 fully saturated rings. The van der Waals surface area contributed by atoms with E-state index in [1.54, 1.807) is 0 Å². The third-order valence-corrected chi connectivity index (χ3v) is 9.43.